The summed E-state index contributed by atoms with van der Waals surface area (Å²) >= 11 is 0. The molecule has 28 heavy (non-hydrogen) atoms. The molecule has 0 radical (unpaired) electrons. The molecule has 5 nitrogen and oxygen atoms in total. The van der Waals surface area contributed by atoms with Crippen LogP contribution < -0.4 is 10.6 Å². The van der Waals surface area contributed by atoms with E-state index in [1.165, 1.54) is 12.1 Å². The number of rotatable bonds is 4. The number of amides is 1. The molecule has 0 bridgehead atoms. The maximum Gasteiger partial charge on any atom is 0.471 e. The molecule has 11 heteroatoms. The molecule has 1 aromatic carbocycles. The van der Waals surface area contributed by atoms with Crippen molar-refractivity contribution in [2.45, 2.75) is 43.6 Å². The van der Waals surface area contributed by atoms with Crippen molar-refractivity contribution < 1.29 is 31.1 Å². The maximum absolute atomic E-state index is 12.8. The molecule has 1 saturated carbocycles. The molecule has 1 heterocycles. The molecular formula is C17H16F6N4O. The topological polar surface area (TPSA) is 69.8 Å². The molecule has 2 aromatic rings. The van der Waals surface area contributed by atoms with Crippen LogP contribution >= 0.6 is 0 Å². The summed E-state index contributed by atoms with van der Waals surface area (Å²) in [6.45, 7) is 0. The number of nitrogens with zero attached hydrogens (tertiary/aromatic N) is 1. The van der Waals surface area contributed by atoms with Crippen LogP contribution in [-0.2, 0) is 11.0 Å². The Morgan fingerprint density at radius 3 is 2.54 bits per heavy atom. The number of alkyl halides is 6. The summed E-state index contributed by atoms with van der Waals surface area (Å²) < 4.78 is 75.3. The Balaban J connectivity index is 1.61. The van der Waals surface area contributed by atoms with Gasteiger partial charge in [-0.2, -0.15) is 31.4 Å². The van der Waals surface area contributed by atoms with Gasteiger partial charge in [0.1, 0.15) is 0 Å². The van der Waals surface area contributed by atoms with Gasteiger partial charge >= 0.3 is 18.3 Å². The van der Waals surface area contributed by atoms with Crippen molar-refractivity contribution in [1.29, 1.82) is 0 Å². The lowest BCUT2D eigenvalue weighted by molar-refractivity contribution is -0.174. The number of hydrogen-bond donors (Lipinski definition) is 3. The van der Waals surface area contributed by atoms with Gasteiger partial charge in [0.25, 0.3) is 0 Å². The van der Waals surface area contributed by atoms with E-state index >= 15 is 0 Å². The molecule has 0 saturated heterocycles. The van der Waals surface area contributed by atoms with Gasteiger partial charge in [-0.3, -0.25) is 9.89 Å². The van der Waals surface area contributed by atoms with Gasteiger partial charge in [-0.25, -0.2) is 0 Å². The molecule has 0 spiro atoms. The maximum atomic E-state index is 12.8. The van der Waals surface area contributed by atoms with E-state index in [1.807, 2.05) is 5.32 Å². The van der Waals surface area contributed by atoms with Crippen LogP contribution in [0.1, 0.15) is 36.4 Å². The van der Waals surface area contributed by atoms with Gasteiger partial charge in [0.2, 0.25) is 0 Å². The van der Waals surface area contributed by atoms with Crippen molar-refractivity contribution in [2.75, 3.05) is 5.32 Å². The normalized spacial score (nSPS) is 20.2. The summed E-state index contributed by atoms with van der Waals surface area (Å²) in [6, 6.07) is 5.63. The van der Waals surface area contributed by atoms with Crippen LogP contribution in [0, 0.1) is 0 Å². The average molecular weight is 406 g/mol. The highest BCUT2D eigenvalue weighted by molar-refractivity contribution is 5.82. The number of anilines is 2. The Bertz CT molecular complexity index is 845. The molecule has 0 aliphatic heterocycles. The molecule has 1 fully saturated rings. The molecule has 1 aliphatic carbocycles. The Hall–Kier alpha value is -2.72. The summed E-state index contributed by atoms with van der Waals surface area (Å²) in [7, 11) is 0. The van der Waals surface area contributed by atoms with E-state index in [2.05, 4.69) is 15.5 Å². The Morgan fingerprint density at radius 1 is 1.11 bits per heavy atom. The number of carbonyl (C=O) groups excluding carboxylic acids is 1. The lowest BCUT2D eigenvalue weighted by atomic mass is 10.0. The number of halogens is 6. The number of hydrogen-bond acceptors (Lipinski definition) is 3. The molecule has 1 amide bonds. The fourth-order valence-electron chi connectivity index (χ4n) is 3.19. The molecule has 3 rings (SSSR count). The van der Waals surface area contributed by atoms with Gasteiger partial charge in [-0.15, -0.1) is 0 Å². The van der Waals surface area contributed by atoms with Gasteiger partial charge < -0.3 is 10.6 Å². The Morgan fingerprint density at radius 2 is 1.86 bits per heavy atom. The zero-order chi connectivity index (χ0) is 20.5. The van der Waals surface area contributed by atoms with Gasteiger partial charge in [0, 0.05) is 29.4 Å². The van der Waals surface area contributed by atoms with Crippen LogP contribution in [0.4, 0.5) is 37.8 Å². The Kier molecular flexibility index (Phi) is 5.26. The largest absolute Gasteiger partial charge is 0.471 e. The third-order valence-electron chi connectivity index (χ3n) is 4.53. The van der Waals surface area contributed by atoms with Crippen LogP contribution in [0.3, 0.4) is 0 Å². The van der Waals surface area contributed by atoms with Crippen molar-refractivity contribution in [3.05, 3.63) is 41.6 Å². The van der Waals surface area contributed by atoms with Gasteiger partial charge in [-0.1, -0.05) is 6.07 Å². The second kappa shape index (κ2) is 7.36. The molecule has 1 aliphatic rings. The molecule has 152 valence electrons. The average Bonchev–Trinajstić information content (AvgIpc) is 3.23. The molecular weight excluding hydrogens is 390 g/mol. The minimum atomic E-state index is -4.92. The number of H-pyrrole nitrogens is 1. The summed E-state index contributed by atoms with van der Waals surface area (Å²) in [5.74, 6) is -1.81. The standard InChI is InChI=1S/C17H16F6N4O/c18-16(19,20)10-2-1-3-11(7-10)24-14-8-13(26-27-14)9-4-5-12(6-9)25-15(28)17(21,22)23/h1-3,7-9,12H,4-6H2,(H,25,28)(H2,24,26,27). The number of nitrogens with one attached hydrogen (secondary N) is 3. The number of aromatic nitrogens is 2. The first-order valence-electron chi connectivity index (χ1n) is 8.39. The second-order valence-corrected chi connectivity index (χ2v) is 6.59. The first-order valence-corrected chi connectivity index (χ1v) is 8.39. The third kappa shape index (κ3) is 4.76. The smallest absolute Gasteiger partial charge is 0.346 e. The summed E-state index contributed by atoms with van der Waals surface area (Å²) in [6.07, 6.45) is -8.13. The van der Waals surface area contributed by atoms with Crippen molar-refractivity contribution in [3.8, 4) is 0 Å². The second-order valence-electron chi connectivity index (χ2n) is 6.59. The highest BCUT2D eigenvalue weighted by Gasteiger charge is 2.41. The Labute approximate surface area is 155 Å². The van der Waals surface area contributed by atoms with Gasteiger partial charge in [0.05, 0.1) is 5.56 Å². The number of carbonyl (C=O) groups is 1. The van der Waals surface area contributed by atoms with Crippen LogP contribution in [0.15, 0.2) is 30.3 Å². The van der Waals surface area contributed by atoms with Crippen molar-refractivity contribution in [3.63, 3.8) is 0 Å². The van der Waals surface area contributed by atoms with Crippen LogP contribution in [0.25, 0.3) is 0 Å². The van der Waals surface area contributed by atoms with Crippen molar-refractivity contribution >= 4 is 17.4 Å². The van der Waals surface area contributed by atoms with E-state index in [4.69, 9.17) is 0 Å². The summed E-state index contributed by atoms with van der Waals surface area (Å²) in [5, 5.41) is 11.5. The zero-order valence-electron chi connectivity index (χ0n) is 14.3. The van der Waals surface area contributed by atoms with E-state index < -0.39 is 29.9 Å². The van der Waals surface area contributed by atoms with Crippen molar-refractivity contribution in [1.82, 2.24) is 15.5 Å². The molecule has 1 aromatic heterocycles. The first kappa shape index (κ1) is 20.0. The quantitative estimate of drug-likeness (QED) is 0.656. The van der Waals surface area contributed by atoms with Crippen molar-refractivity contribution in [2.24, 2.45) is 0 Å². The predicted octanol–water partition coefficient (Wildman–Crippen LogP) is 4.49. The molecule has 2 atom stereocenters. The van der Waals surface area contributed by atoms with Crippen LogP contribution in [-0.4, -0.2) is 28.3 Å². The SMILES string of the molecule is O=C(NC1CCC(c2cc(Nc3cccc(C(F)(F)F)c3)n[nH]2)C1)C(F)(F)F. The number of benzene rings is 1. The van der Waals surface area contributed by atoms with E-state index in [0.717, 1.165) is 12.1 Å². The molecule has 2 unspecified atom stereocenters. The van der Waals surface area contributed by atoms with E-state index in [0.29, 0.717) is 25.0 Å². The fraction of sp³-hybridized carbons (Fsp3) is 0.412. The van der Waals surface area contributed by atoms with E-state index in [1.54, 1.807) is 6.07 Å². The van der Waals surface area contributed by atoms with Crippen LogP contribution in [0.2, 0.25) is 0 Å². The fourth-order valence-corrected chi connectivity index (χ4v) is 3.19. The minimum Gasteiger partial charge on any atom is -0.346 e. The van der Waals surface area contributed by atoms with Gasteiger partial charge in [-0.05, 0) is 37.5 Å². The van der Waals surface area contributed by atoms with Gasteiger partial charge in [0.15, 0.2) is 5.82 Å². The monoisotopic (exact) mass is 406 g/mol. The lowest BCUT2D eigenvalue weighted by Gasteiger charge is -2.14. The third-order valence-corrected chi connectivity index (χ3v) is 4.53. The summed E-state index contributed by atoms with van der Waals surface area (Å²) in [5.41, 5.74) is 0.0418. The van der Waals surface area contributed by atoms with E-state index in [-0.39, 0.29) is 17.4 Å². The van der Waals surface area contributed by atoms with E-state index in [9.17, 15) is 31.1 Å². The minimum absolute atomic E-state index is 0.136. The molecule has 3 N–H and O–H groups in total. The lowest BCUT2D eigenvalue weighted by Crippen LogP contribution is -2.42. The summed E-state index contributed by atoms with van der Waals surface area (Å²) in [4.78, 5) is 11.0. The van der Waals surface area contributed by atoms with Crippen LogP contribution in [0.5, 0.6) is 0 Å². The highest BCUT2D eigenvalue weighted by Crippen LogP contribution is 2.35. The highest BCUT2D eigenvalue weighted by atomic mass is 19.4. The predicted molar refractivity (Wildman–Crippen MR) is 87.9 cm³/mol. The number of aromatic amines is 1. The first-order chi connectivity index (χ1) is 13.0. The zero-order valence-corrected chi connectivity index (χ0v) is 14.3.